The van der Waals surface area contributed by atoms with Gasteiger partial charge in [-0.25, -0.2) is 4.79 Å². The highest BCUT2D eigenvalue weighted by atomic mass is 16.5. The molecule has 0 atom stereocenters. The first-order chi connectivity index (χ1) is 8.85. The van der Waals surface area contributed by atoms with E-state index in [1.54, 1.807) is 13.8 Å². The minimum absolute atomic E-state index is 0.105. The molecule has 0 heterocycles. The molecule has 1 fully saturated rings. The monoisotopic (exact) mass is 270 g/mol. The van der Waals surface area contributed by atoms with E-state index in [4.69, 9.17) is 0 Å². The van der Waals surface area contributed by atoms with Crippen molar-refractivity contribution in [3.63, 3.8) is 0 Å². The molecular formula is C14H26N2O3. The molecule has 1 aliphatic rings. The van der Waals surface area contributed by atoms with E-state index in [0.717, 1.165) is 25.7 Å². The van der Waals surface area contributed by atoms with E-state index in [9.17, 15) is 9.59 Å². The van der Waals surface area contributed by atoms with E-state index in [0.29, 0.717) is 6.42 Å². The lowest BCUT2D eigenvalue weighted by atomic mass is 9.79. The molecule has 1 rings (SSSR count). The Hall–Kier alpha value is -1.10. The quantitative estimate of drug-likeness (QED) is 0.740. The number of ether oxygens (including phenoxy) is 1. The van der Waals surface area contributed by atoms with Crippen molar-refractivity contribution in [2.75, 3.05) is 14.2 Å². The average Bonchev–Trinajstić information content (AvgIpc) is 2.37. The van der Waals surface area contributed by atoms with Crippen LogP contribution >= 0.6 is 0 Å². The number of carbonyl (C=O) groups excluding carboxylic acids is 2. The smallest absolute Gasteiger partial charge is 0.330 e. The summed E-state index contributed by atoms with van der Waals surface area (Å²) in [5.41, 5.74) is -1.09. The Morgan fingerprint density at radius 3 is 2.26 bits per heavy atom. The first kappa shape index (κ1) is 16.0. The van der Waals surface area contributed by atoms with Crippen LogP contribution < -0.4 is 10.6 Å². The van der Waals surface area contributed by atoms with Crippen LogP contribution in [0.4, 0.5) is 0 Å². The number of nitrogens with one attached hydrogen (secondary N) is 2. The number of hydrogen-bond donors (Lipinski definition) is 2. The molecule has 19 heavy (non-hydrogen) atoms. The highest BCUT2D eigenvalue weighted by Gasteiger charge is 2.36. The van der Waals surface area contributed by atoms with Gasteiger partial charge < -0.3 is 15.4 Å². The van der Waals surface area contributed by atoms with E-state index in [1.165, 1.54) is 13.5 Å². The molecule has 0 radical (unpaired) electrons. The van der Waals surface area contributed by atoms with Crippen LogP contribution in [0.2, 0.25) is 0 Å². The second-order valence-electron chi connectivity index (χ2n) is 5.93. The van der Waals surface area contributed by atoms with Gasteiger partial charge in [-0.2, -0.15) is 0 Å². The molecule has 0 spiro atoms. The van der Waals surface area contributed by atoms with E-state index < -0.39 is 11.5 Å². The lowest BCUT2D eigenvalue weighted by Crippen LogP contribution is -2.54. The Kier molecular flexibility index (Phi) is 5.35. The second kappa shape index (κ2) is 6.37. The minimum atomic E-state index is -0.977. The summed E-state index contributed by atoms with van der Waals surface area (Å²) in [5, 5.41) is 6.06. The Bertz CT molecular complexity index is 334. The van der Waals surface area contributed by atoms with Gasteiger partial charge in [0.05, 0.1) is 7.11 Å². The largest absolute Gasteiger partial charge is 0.467 e. The number of methoxy groups -OCH3 is 1. The number of rotatable bonds is 5. The molecule has 0 aromatic rings. The topological polar surface area (TPSA) is 67.4 Å². The maximum absolute atomic E-state index is 12.2. The fourth-order valence-electron chi connectivity index (χ4n) is 2.75. The van der Waals surface area contributed by atoms with Gasteiger partial charge in [-0.15, -0.1) is 0 Å². The van der Waals surface area contributed by atoms with Crippen molar-refractivity contribution >= 4 is 11.9 Å². The van der Waals surface area contributed by atoms with E-state index in [-0.39, 0.29) is 11.4 Å². The maximum atomic E-state index is 12.2. The van der Waals surface area contributed by atoms with Crippen LogP contribution in [0, 0.1) is 0 Å². The Labute approximate surface area is 115 Å². The van der Waals surface area contributed by atoms with Gasteiger partial charge in [-0.05, 0) is 33.7 Å². The molecule has 110 valence electrons. The van der Waals surface area contributed by atoms with Gasteiger partial charge in [0, 0.05) is 12.0 Å². The van der Waals surface area contributed by atoms with Crippen molar-refractivity contribution in [2.45, 2.75) is 63.5 Å². The predicted octanol–water partition coefficient (Wildman–Crippen LogP) is 1.37. The van der Waals surface area contributed by atoms with Gasteiger partial charge in [0.15, 0.2) is 0 Å². The van der Waals surface area contributed by atoms with Crippen molar-refractivity contribution < 1.29 is 14.3 Å². The standard InChI is InChI=1S/C14H26N2O3/c1-13(2,12(18)19-4)16-11(17)10-14(15-3)8-6-5-7-9-14/h15H,5-10H2,1-4H3,(H,16,17). The lowest BCUT2D eigenvalue weighted by molar-refractivity contribution is -0.149. The fraction of sp³-hybridized carbons (Fsp3) is 0.857. The summed E-state index contributed by atoms with van der Waals surface area (Å²) in [5.74, 6) is -0.533. The summed E-state index contributed by atoms with van der Waals surface area (Å²) in [7, 11) is 3.23. The van der Waals surface area contributed by atoms with E-state index in [2.05, 4.69) is 15.4 Å². The van der Waals surface area contributed by atoms with Crippen LogP contribution in [0.1, 0.15) is 52.4 Å². The van der Waals surface area contributed by atoms with Gasteiger partial charge in [-0.3, -0.25) is 4.79 Å². The summed E-state index contributed by atoms with van der Waals surface area (Å²) in [4.78, 5) is 23.7. The molecule has 5 heteroatoms. The normalized spacial score (nSPS) is 18.7. The van der Waals surface area contributed by atoms with Gasteiger partial charge in [0.25, 0.3) is 0 Å². The van der Waals surface area contributed by atoms with Crippen molar-refractivity contribution in [3.05, 3.63) is 0 Å². The van der Waals surface area contributed by atoms with Crippen LogP contribution in [0.25, 0.3) is 0 Å². The number of amides is 1. The molecule has 0 aliphatic heterocycles. The van der Waals surface area contributed by atoms with Crippen molar-refractivity contribution in [3.8, 4) is 0 Å². The van der Waals surface area contributed by atoms with Gasteiger partial charge in [0.1, 0.15) is 5.54 Å². The Morgan fingerprint density at radius 2 is 1.79 bits per heavy atom. The zero-order valence-electron chi connectivity index (χ0n) is 12.5. The second-order valence-corrected chi connectivity index (χ2v) is 5.93. The minimum Gasteiger partial charge on any atom is -0.467 e. The van der Waals surface area contributed by atoms with Crippen molar-refractivity contribution in [2.24, 2.45) is 0 Å². The summed E-state index contributed by atoms with van der Waals surface area (Å²) in [6.07, 6.45) is 5.96. The first-order valence-corrected chi connectivity index (χ1v) is 6.93. The number of carbonyl (C=O) groups is 2. The molecule has 0 aromatic carbocycles. The van der Waals surface area contributed by atoms with Crippen molar-refractivity contribution in [1.82, 2.24) is 10.6 Å². The molecule has 1 saturated carbocycles. The molecule has 1 amide bonds. The number of esters is 1. The molecule has 5 nitrogen and oxygen atoms in total. The number of hydrogen-bond acceptors (Lipinski definition) is 4. The van der Waals surface area contributed by atoms with Gasteiger partial charge in [0.2, 0.25) is 5.91 Å². The Morgan fingerprint density at radius 1 is 1.21 bits per heavy atom. The van der Waals surface area contributed by atoms with Crippen LogP contribution in [-0.4, -0.2) is 37.1 Å². The summed E-state index contributed by atoms with van der Waals surface area (Å²) < 4.78 is 4.69. The SMILES string of the molecule is CNC1(CC(=O)NC(C)(C)C(=O)OC)CCCCC1. The van der Waals surface area contributed by atoms with Crippen LogP contribution in [0.15, 0.2) is 0 Å². The molecule has 0 bridgehead atoms. The first-order valence-electron chi connectivity index (χ1n) is 6.93. The zero-order chi connectivity index (χ0) is 14.5. The molecular weight excluding hydrogens is 244 g/mol. The van der Waals surface area contributed by atoms with Gasteiger partial charge in [-0.1, -0.05) is 19.3 Å². The third kappa shape index (κ3) is 4.20. The molecule has 0 aromatic heterocycles. The van der Waals surface area contributed by atoms with Gasteiger partial charge >= 0.3 is 5.97 Å². The molecule has 1 aliphatic carbocycles. The summed E-state index contributed by atoms with van der Waals surface area (Å²) in [6.45, 7) is 3.31. The van der Waals surface area contributed by atoms with Crippen LogP contribution in [0.5, 0.6) is 0 Å². The predicted molar refractivity (Wildman–Crippen MR) is 73.7 cm³/mol. The molecule has 0 unspecified atom stereocenters. The summed E-state index contributed by atoms with van der Waals surface area (Å²) >= 11 is 0. The Balaban J connectivity index is 2.61. The molecule has 2 N–H and O–H groups in total. The highest BCUT2D eigenvalue weighted by Crippen LogP contribution is 2.30. The third-order valence-corrected chi connectivity index (χ3v) is 3.99. The van der Waals surface area contributed by atoms with Crippen molar-refractivity contribution in [1.29, 1.82) is 0 Å². The fourth-order valence-corrected chi connectivity index (χ4v) is 2.75. The summed E-state index contributed by atoms with van der Waals surface area (Å²) in [6, 6.07) is 0. The maximum Gasteiger partial charge on any atom is 0.330 e. The highest BCUT2D eigenvalue weighted by molar-refractivity contribution is 5.87. The average molecular weight is 270 g/mol. The van der Waals surface area contributed by atoms with E-state index >= 15 is 0 Å². The van der Waals surface area contributed by atoms with E-state index in [1.807, 2.05) is 7.05 Å². The lowest BCUT2D eigenvalue weighted by Gasteiger charge is -2.37. The zero-order valence-corrected chi connectivity index (χ0v) is 12.5. The molecule has 0 saturated heterocycles. The van der Waals surface area contributed by atoms with Crippen LogP contribution in [-0.2, 0) is 14.3 Å². The third-order valence-electron chi connectivity index (χ3n) is 3.99. The van der Waals surface area contributed by atoms with Crippen LogP contribution in [0.3, 0.4) is 0 Å².